The molecule has 1 rings (SSSR count). The number of amides is 2. The van der Waals surface area contributed by atoms with Gasteiger partial charge in [0.1, 0.15) is 0 Å². The molecule has 0 radical (unpaired) electrons. The topological polar surface area (TPSA) is 84.2 Å². The molecule has 2 amide bonds. The van der Waals surface area contributed by atoms with E-state index in [2.05, 4.69) is 22.5 Å². The van der Waals surface area contributed by atoms with Crippen LogP contribution < -0.4 is 16.4 Å². The summed E-state index contributed by atoms with van der Waals surface area (Å²) in [7, 11) is 0. The van der Waals surface area contributed by atoms with Gasteiger partial charge >= 0.3 is 0 Å². The van der Waals surface area contributed by atoms with Crippen molar-refractivity contribution in [3.8, 4) is 24.7 Å². The maximum absolute atomic E-state index is 12.0. The van der Waals surface area contributed by atoms with Crippen molar-refractivity contribution in [1.82, 2.24) is 10.6 Å². The van der Waals surface area contributed by atoms with Crippen molar-refractivity contribution in [2.24, 2.45) is 0 Å². The van der Waals surface area contributed by atoms with Crippen LogP contribution in [0.1, 0.15) is 34.6 Å². The summed E-state index contributed by atoms with van der Waals surface area (Å²) in [5.41, 5.74) is 6.36. The second kappa shape index (κ2) is 7.02. The van der Waals surface area contributed by atoms with Crippen molar-refractivity contribution < 1.29 is 9.59 Å². The molecule has 0 fully saturated rings. The lowest BCUT2D eigenvalue weighted by molar-refractivity contribution is 0.0947. The van der Waals surface area contributed by atoms with E-state index in [1.807, 2.05) is 0 Å². The normalized spacial score (nSPS) is 12.4. The van der Waals surface area contributed by atoms with E-state index in [0.29, 0.717) is 0 Å². The lowest BCUT2D eigenvalue weighted by Gasteiger charge is -2.13. The van der Waals surface area contributed by atoms with E-state index in [0.717, 1.165) is 0 Å². The fraction of sp³-hybridized carbons (Fsp3) is 0.250. The first-order valence-electron chi connectivity index (χ1n) is 6.33. The van der Waals surface area contributed by atoms with Gasteiger partial charge in [-0.3, -0.25) is 9.59 Å². The van der Waals surface area contributed by atoms with E-state index in [1.165, 1.54) is 12.1 Å². The zero-order valence-electron chi connectivity index (χ0n) is 11.9. The second-order valence-electron chi connectivity index (χ2n) is 4.49. The standard InChI is InChI=1S/C16H17N3O2/c1-5-10(3)18-15(20)12-8-7-9-13(14(12)17)16(21)19-11(4)6-2/h1-2,7-11H,17H2,3-4H3,(H,18,20)(H,19,21). The maximum atomic E-state index is 12.0. The molecule has 21 heavy (non-hydrogen) atoms. The van der Waals surface area contributed by atoms with Gasteiger partial charge in [0.15, 0.2) is 0 Å². The number of para-hydroxylation sites is 1. The largest absolute Gasteiger partial charge is 0.397 e. The molecule has 0 saturated heterocycles. The van der Waals surface area contributed by atoms with E-state index in [1.54, 1.807) is 19.9 Å². The molecule has 0 spiro atoms. The number of hydrogen-bond acceptors (Lipinski definition) is 3. The van der Waals surface area contributed by atoms with Crippen LogP contribution in [0.2, 0.25) is 0 Å². The zero-order valence-corrected chi connectivity index (χ0v) is 11.9. The predicted octanol–water partition coefficient (Wildman–Crippen LogP) is 0.772. The van der Waals surface area contributed by atoms with Gasteiger partial charge in [-0.05, 0) is 26.0 Å². The van der Waals surface area contributed by atoms with Crippen molar-refractivity contribution in [2.45, 2.75) is 25.9 Å². The fourth-order valence-corrected chi connectivity index (χ4v) is 1.59. The Kier molecular flexibility index (Phi) is 5.39. The molecular weight excluding hydrogens is 266 g/mol. The van der Waals surface area contributed by atoms with Crippen LogP contribution in [0.15, 0.2) is 18.2 Å². The third kappa shape index (κ3) is 4.02. The van der Waals surface area contributed by atoms with Crippen LogP contribution in [-0.2, 0) is 0 Å². The highest BCUT2D eigenvalue weighted by atomic mass is 16.2. The van der Waals surface area contributed by atoms with E-state index in [-0.39, 0.29) is 16.8 Å². The summed E-state index contributed by atoms with van der Waals surface area (Å²) in [6.45, 7) is 3.33. The summed E-state index contributed by atoms with van der Waals surface area (Å²) in [4.78, 5) is 24.1. The maximum Gasteiger partial charge on any atom is 0.254 e. The molecule has 0 saturated carbocycles. The van der Waals surface area contributed by atoms with E-state index in [4.69, 9.17) is 18.6 Å². The van der Waals surface area contributed by atoms with Crippen molar-refractivity contribution in [2.75, 3.05) is 5.73 Å². The molecular formula is C16H17N3O2. The summed E-state index contributed by atoms with van der Waals surface area (Å²) >= 11 is 0. The number of carbonyl (C=O) groups is 2. The average molecular weight is 283 g/mol. The van der Waals surface area contributed by atoms with Crippen LogP contribution in [0.3, 0.4) is 0 Å². The Bertz CT molecular complexity index is 586. The van der Waals surface area contributed by atoms with Gasteiger partial charge in [-0.2, -0.15) is 0 Å². The van der Waals surface area contributed by atoms with Gasteiger partial charge in [0, 0.05) is 0 Å². The first-order valence-corrected chi connectivity index (χ1v) is 6.33. The van der Waals surface area contributed by atoms with Gasteiger partial charge in [0.2, 0.25) is 0 Å². The number of nitrogen functional groups attached to an aromatic ring is 1. The fourth-order valence-electron chi connectivity index (χ4n) is 1.59. The molecule has 5 nitrogen and oxygen atoms in total. The van der Waals surface area contributed by atoms with E-state index >= 15 is 0 Å². The van der Waals surface area contributed by atoms with Crippen LogP contribution in [0.4, 0.5) is 5.69 Å². The van der Waals surface area contributed by atoms with Gasteiger partial charge in [-0.15, -0.1) is 12.8 Å². The quantitative estimate of drug-likeness (QED) is 0.564. The first kappa shape index (κ1) is 16.1. The molecule has 1 aromatic rings. The predicted molar refractivity (Wildman–Crippen MR) is 82.4 cm³/mol. The third-order valence-electron chi connectivity index (χ3n) is 2.79. The molecule has 4 N–H and O–H groups in total. The number of terminal acetylenes is 2. The zero-order chi connectivity index (χ0) is 16.0. The summed E-state index contributed by atoms with van der Waals surface area (Å²) < 4.78 is 0. The number of hydrogen-bond donors (Lipinski definition) is 3. The monoisotopic (exact) mass is 283 g/mol. The molecule has 0 bridgehead atoms. The first-order chi connectivity index (χ1) is 9.90. The highest BCUT2D eigenvalue weighted by Gasteiger charge is 2.18. The van der Waals surface area contributed by atoms with Crippen LogP contribution >= 0.6 is 0 Å². The SMILES string of the molecule is C#CC(C)NC(=O)c1cccc(C(=O)NC(C)C#C)c1N. The Morgan fingerprint density at radius 3 is 1.76 bits per heavy atom. The van der Waals surface area contributed by atoms with Gasteiger partial charge in [0.25, 0.3) is 11.8 Å². The molecule has 0 aromatic heterocycles. The Labute approximate surface area is 124 Å². The minimum Gasteiger partial charge on any atom is -0.397 e. The molecule has 0 aliphatic rings. The Balaban J connectivity index is 3.04. The average Bonchev–Trinajstić information content (AvgIpc) is 2.46. The van der Waals surface area contributed by atoms with Gasteiger partial charge in [0.05, 0.1) is 28.9 Å². The highest BCUT2D eigenvalue weighted by Crippen LogP contribution is 2.18. The Hall–Kier alpha value is -2.92. The molecule has 1 aromatic carbocycles. The van der Waals surface area contributed by atoms with Gasteiger partial charge in [-0.25, -0.2) is 0 Å². The minimum absolute atomic E-state index is 0.0842. The number of rotatable bonds is 4. The smallest absolute Gasteiger partial charge is 0.254 e. The minimum atomic E-state index is -0.434. The lowest BCUT2D eigenvalue weighted by Crippen LogP contribution is -2.34. The van der Waals surface area contributed by atoms with Crippen LogP contribution in [0, 0.1) is 24.7 Å². The second-order valence-corrected chi connectivity index (χ2v) is 4.49. The van der Waals surface area contributed by atoms with Crippen LogP contribution in [0.25, 0.3) is 0 Å². The van der Waals surface area contributed by atoms with Gasteiger partial charge < -0.3 is 16.4 Å². The molecule has 108 valence electrons. The summed E-state index contributed by atoms with van der Waals surface area (Å²) in [6, 6.07) is 3.75. The molecule has 0 aliphatic carbocycles. The summed E-state index contributed by atoms with van der Waals surface area (Å²) in [6.07, 6.45) is 10.4. The number of nitrogens with one attached hydrogen (secondary N) is 2. The molecule has 0 heterocycles. The van der Waals surface area contributed by atoms with Crippen LogP contribution in [0.5, 0.6) is 0 Å². The Morgan fingerprint density at radius 2 is 1.43 bits per heavy atom. The lowest BCUT2D eigenvalue weighted by atomic mass is 10.1. The van der Waals surface area contributed by atoms with Crippen molar-refractivity contribution in [3.05, 3.63) is 29.3 Å². The molecule has 5 heteroatoms. The molecule has 2 unspecified atom stereocenters. The molecule has 2 atom stereocenters. The number of nitrogens with two attached hydrogens (primary N) is 1. The molecule has 0 aliphatic heterocycles. The van der Waals surface area contributed by atoms with Gasteiger partial charge in [-0.1, -0.05) is 17.9 Å². The summed E-state index contributed by atoms with van der Waals surface area (Å²) in [5.74, 6) is 3.90. The van der Waals surface area contributed by atoms with E-state index in [9.17, 15) is 9.59 Å². The third-order valence-corrected chi connectivity index (χ3v) is 2.79. The number of anilines is 1. The highest BCUT2D eigenvalue weighted by molar-refractivity contribution is 6.07. The number of benzene rings is 1. The summed E-state index contributed by atoms with van der Waals surface area (Å²) in [5, 5.41) is 5.17. The van der Waals surface area contributed by atoms with Crippen molar-refractivity contribution in [1.29, 1.82) is 0 Å². The number of carbonyl (C=O) groups excluding carboxylic acids is 2. The Morgan fingerprint density at radius 1 is 1.05 bits per heavy atom. The van der Waals surface area contributed by atoms with E-state index < -0.39 is 23.9 Å². The van der Waals surface area contributed by atoms with Crippen LogP contribution in [-0.4, -0.2) is 23.9 Å². The van der Waals surface area contributed by atoms with Crippen molar-refractivity contribution in [3.63, 3.8) is 0 Å². The van der Waals surface area contributed by atoms with Crippen molar-refractivity contribution >= 4 is 17.5 Å².